The van der Waals surface area contributed by atoms with Gasteiger partial charge in [-0.3, -0.25) is 4.79 Å². The molecule has 2 nitrogen and oxygen atoms in total. The molecular weight excluding hydrogens is 234 g/mol. The number of Topliss-reactive ketones (excluding diaryl/α,β-unsaturated/α-hetero) is 1. The van der Waals surface area contributed by atoms with E-state index < -0.39 is 0 Å². The summed E-state index contributed by atoms with van der Waals surface area (Å²) in [6.07, 6.45) is 4.99. The van der Waals surface area contributed by atoms with Crippen molar-refractivity contribution in [2.75, 3.05) is 4.90 Å². The molecule has 90 valence electrons. The molecule has 2 saturated heterocycles. The second-order valence-corrected chi connectivity index (χ2v) is 5.51. The largest absolute Gasteiger partial charge is 0.365 e. The Kier molecular flexibility index (Phi) is 2.83. The number of anilines is 1. The van der Waals surface area contributed by atoms with Crippen molar-refractivity contribution in [3.05, 3.63) is 29.3 Å². The van der Waals surface area contributed by atoms with Gasteiger partial charge in [-0.1, -0.05) is 11.6 Å². The van der Waals surface area contributed by atoms with Crippen molar-refractivity contribution in [3.63, 3.8) is 0 Å². The summed E-state index contributed by atoms with van der Waals surface area (Å²) in [6, 6.07) is 8.84. The lowest BCUT2D eigenvalue weighted by atomic mass is 9.83. The molecule has 2 bridgehead atoms. The van der Waals surface area contributed by atoms with Gasteiger partial charge in [0.05, 0.1) is 0 Å². The first-order valence-electron chi connectivity index (χ1n) is 6.29. The summed E-state index contributed by atoms with van der Waals surface area (Å²) < 4.78 is 0. The smallest absolute Gasteiger partial charge is 0.137 e. The molecule has 0 radical (unpaired) electrons. The number of piperidine rings is 2. The normalized spacial score (nSPS) is 28.3. The monoisotopic (exact) mass is 249 g/mol. The molecule has 0 aromatic heterocycles. The minimum Gasteiger partial charge on any atom is -0.365 e. The minimum absolute atomic E-state index is 0.413. The van der Waals surface area contributed by atoms with E-state index in [-0.39, 0.29) is 0 Å². The van der Waals surface area contributed by atoms with Crippen molar-refractivity contribution in [2.45, 2.75) is 44.2 Å². The van der Waals surface area contributed by atoms with Crippen LogP contribution in [0.25, 0.3) is 0 Å². The SMILES string of the molecule is O=C1CC2CCCC(C1)N2c1ccc(Cl)cc1. The van der Waals surface area contributed by atoms with Crippen LogP contribution in [0.2, 0.25) is 5.02 Å². The van der Waals surface area contributed by atoms with Gasteiger partial charge >= 0.3 is 0 Å². The average molecular weight is 250 g/mol. The second kappa shape index (κ2) is 4.34. The van der Waals surface area contributed by atoms with Crippen molar-refractivity contribution in [3.8, 4) is 0 Å². The van der Waals surface area contributed by atoms with E-state index >= 15 is 0 Å². The number of rotatable bonds is 1. The highest BCUT2D eigenvalue weighted by Gasteiger charge is 2.37. The molecule has 1 aromatic carbocycles. The third-order valence-corrected chi connectivity index (χ3v) is 4.16. The van der Waals surface area contributed by atoms with Crippen molar-refractivity contribution in [2.24, 2.45) is 0 Å². The second-order valence-electron chi connectivity index (χ2n) is 5.07. The number of halogens is 1. The number of ketones is 1. The van der Waals surface area contributed by atoms with Crippen LogP contribution in [-0.4, -0.2) is 17.9 Å². The van der Waals surface area contributed by atoms with E-state index in [1.165, 1.54) is 12.1 Å². The predicted octanol–water partition coefficient (Wildman–Crippen LogP) is 3.43. The van der Waals surface area contributed by atoms with Crippen molar-refractivity contribution in [1.29, 1.82) is 0 Å². The fraction of sp³-hybridized carbons (Fsp3) is 0.500. The van der Waals surface area contributed by atoms with Crippen molar-refractivity contribution < 1.29 is 4.79 Å². The van der Waals surface area contributed by atoms with E-state index in [0.29, 0.717) is 17.9 Å². The molecule has 0 aliphatic carbocycles. The molecule has 0 saturated carbocycles. The molecule has 0 spiro atoms. The highest BCUT2D eigenvalue weighted by molar-refractivity contribution is 6.30. The van der Waals surface area contributed by atoms with Crippen LogP contribution in [0, 0.1) is 0 Å². The van der Waals surface area contributed by atoms with Gasteiger partial charge in [0.25, 0.3) is 0 Å². The zero-order valence-electron chi connectivity index (χ0n) is 9.73. The van der Waals surface area contributed by atoms with Gasteiger partial charge < -0.3 is 4.90 Å². The Morgan fingerprint density at radius 2 is 1.65 bits per heavy atom. The Hall–Kier alpha value is -1.02. The molecule has 3 rings (SSSR count). The highest BCUT2D eigenvalue weighted by atomic mass is 35.5. The molecule has 0 N–H and O–H groups in total. The maximum absolute atomic E-state index is 11.7. The lowest BCUT2D eigenvalue weighted by molar-refractivity contribution is -0.121. The molecule has 3 heteroatoms. The minimum atomic E-state index is 0.413. The number of fused-ring (bicyclic) bond motifs is 2. The maximum Gasteiger partial charge on any atom is 0.137 e. The zero-order valence-corrected chi connectivity index (χ0v) is 10.5. The summed E-state index contributed by atoms with van der Waals surface area (Å²) in [5, 5.41) is 0.770. The van der Waals surface area contributed by atoms with Crippen LogP contribution in [-0.2, 0) is 4.79 Å². The maximum atomic E-state index is 11.7. The Morgan fingerprint density at radius 3 is 2.24 bits per heavy atom. The molecule has 2 atom stereocenters. The van der Waals surface area contributed by atoms with E-state index in [2.05, 4.69) is 17.0 Å². The van der Waals surface area contributed by atoms with E-state index in [4.69, 9.17) is 11.6 Å². The molecule has 0 amide bonds. The summed E-state index contributed by atoms with van der Waals surface area (Å²) >= 11 is 5.92. The lowest BCUT2D eigenvalue weighted by Crippen LogP contribution is -2.52. The van der Waals surface area contributed by atoms with Gasteiger partial charge in [-0.2, -0.15) is 0 Å². The number of carbonyl (C=O) groups is 1. The standard InChI is InChI=1S/C14H16ClNO/c15-10-4-6-11(7-5-10)16-12-2-1-3-13(16)9-14(17)8-12/h4-7,12-13H,1-3,8-9H2. The summed E-state index contributed by atoms with van der Waals surface area (Å²) in [7, 11) is 0. The Bertz CT molecular complexity index is 412. The first kappa shape index (κ1) is 11.1. The van der Waals surface area contributed by atoms with E-state index in [1.54, 1.807) is 0 Å². The fourth-order valence-corrected chi connectivity index (χ4v) is 3.34. The molecule has 2 aliphatic rings. The molecule has 17 heavy (non-hydrogen) atoms. The third kappa shape index (κ3) is 2.06. The molecule has 2 fully saturated rings. The van der Waals surface area contributed by atoms with Crippen LogP contribution in [0.4, 0.5) is 5.69 Å². The Morgan fingerprint density at radius 1 is 1.06 bits per heavy atom. The van der Waals surface area contributed by atoms with Gasteiger partial charge in [-0.05, 0) is 43.5 Å². The van der Waals surface area contributed by atoms with E-state index in [9.17, 15) is 4.79 Å². The van der Waals surface area contributed by atoms with Crippen LogP contribution in [0.5, 0.6) is 0 Å². The number of carbonyl (C=O) groups excluding carboxylic acids is 1. The van der Waals surface area contributed by atoms with Crippen LogP contribution in [0.3, 0.4) is 0 Å². The quantitative estimate of drug-likeness (QED) is 0.760. The molecule has 2 unspecified atom stereocenters. The number of hydrogen-bond donors (Lipinski definition) is 0. The van der Waals surface area contributed by atoms with Crippen LogP contribution in [0.1, 0.15) is 32.1 Å². The topological polar surface area (TPSA) is 20.3 Å². The summed E-state index contributed by atoms with van der Waals surface area (Å²) in [5.74, 6) is 0.435. The van der Waals surface area contributed by atoms with Crippen LogP contribution < -0.4 is 4.90 Å². The predicted molar refractivity (Wildman–Crippen MR) is 69.6 cm³/mol. The molecule has 1 aromatic rings. The van der Waals surface area contributed by atoms with Gasteiger partial charge in [-0.25, -0.2) is 0 Å². The van der Waals surface area contributed by atoms with Gasteiger partial charge in [0.1, 0.15) is 5.78 Å². The highest BCUT2D eigenvalue weighted by Crippen LogP contribution is 2.36. The summed E-state index contributed by atoms with van der Waals surface area (Å²) in [6.45, 7) is 0. The summed E-state index contributed by atoms with van der Waals surface area (Å²) in [5.41, 5.74) is 1.22. The van der Waals surface area contributed by atoms with Gasteiger partial charge in [0.15, 0.2) is 0 Å². The Balaban J connectivity index is 1.91. The molecule has 2 heterocycles. The van der Waals surface area contributed by atoms with Gasteiger partial charge in [0.2, 0.25) is 0 Å². The first-order chi connectivity index (χ1) is 8.24. The van der Waals surface area contributed by atoms with E-state index in [0.717, 1.165) is 30.7 Å². The number of hydrogen-bond acceptors (Lipinski definition) is 2. The molecular formula is C14H16ClNO. The fourth-order valence-electron chi connectivity index (χ4n) is 3.21. The first-order valence-corrected chi connectivity index (χ1v) is 6.67. The van der Waals surface area contributed by atoms with E-state index in [1.807, 2.05) is 12.1 Å². The lowest BCUT2D eigenvalue weighted by Gasteiger charge is -2.47. The van der Waals surface area contributed by atoms with Crippen molar-refractivity contribution in [1.82, 2.24) is 0 Å². The third-order valence-electron chi connectivity index (χ3n) is 3.91. The van der Waals surface area contributed by atoms with Crippen LogP contribution >= 0.6 is 11.6 Å². The van der Waals surface area contributed by atoms with Gasteiger partial charge in [0, 0.05) is 35.6 Å². The number of nitrogens with zero attached hydrogens (tertiary/aromatic N) is 1. The zero-order chi connectivity index (χ0) is 11.8. The van der Waals surface area contributed by atoms with Gasteiger partial charge in [-0.15, -0.1) is 0 Å². The summed E-state index contributed by atoms with van der Waals surface area (Å²) in [4.78, 5) is 14.1. The van der Waals surface area contributed by atoms with Crippen molar-refractivity contribution >= 4 is 23.1 Å². The Labute approximate surface area is 107 Å². The number of benzene rings is 1. The van der Waals surface area contributed by atoms with Crippen LogP contribution in [0.15, 0.2) is 24.3 Å². The average Bonchev–Trinajstić information content (AvgIpc) is 2.29. The molecule has 2 aliphatic heterocycles.